The van der Waals surface area contributed by atoms with Crippen LogP contribution in [-0.2, 0) is 4.79 Å². The van der Waals surface area contributed by atoms with Gasteiger partial charge in [0.05, 0.1) is 22.3 Å². The Labute approximate surface area is 222 Å². The van der Waals surface area contributed by atoms with E-state index in [1.165, 1.54) is 18.9 Å². The van der Waals surface area contributed by atoms with Gasteiger partial charge >= 0.3 is 0 Å². The molecule has 0 spiro atoms. The summed E-state index contributed by atoms with van der Waals surface area (Å²) in [5.41, 5.74) is 0.301. The average Bonchev–Trinajstić information content (AvgIpc) is 3.23. The number of anilines is 2. The van der Waals surface area contributed by atoms with Gasteiger partial charge in [0.15, 0.2) is 5.66 Å². The molecule has 2 fully saturated rings. The van der Waals surface area contributed by atoms with Crippen LogP contribution in [0.5, 0.6) is 5.75 Å². The zero-order valence-corrected chi connectivity index (χ0v) is 21.9. The van der Waals surface area contributed by atoms with Gasteiger partial charge in [-0.25, -0.2) is 4.39 Å². The first-order valence-corrected chi connectivity index (χ1v) is 13.9. The molecule has 2 saturated carbocycles. The number of benzene rings is 2. The van der Waals surface area contributed by atoms with Gasteiger partial charge in [-0.2, -0.15) is 0 Å². The van der Waals surface area contributed by atoms with Gasteiger partial charge < -0.3 is 20.7 Å². The van der Waals surface area contributed by atoms with Crippen molar-refractivity contribution < 1.29 is 13.9 Å². The number of rotatable bonds is 7. The van der Waals surface area contributed by atoms with Gasteiger partial charge in [-0.05, 0) is 61.9 Å². The number of carbonyl (C=O) groups excluding carboxylic acids is 1. The van der Waals surface area contributed by atoms with Crippen molar-refractivity contribution in [1.29, 1.82) is 0 Å². The molecule has 3 N–H and O–H groups in total. The number of ether oxygens (including phenoxy) is 1. The van der Waals surface area contributed by atoms with E-state index in [4.69, 9.17) is 27.9 Å². The van der Waals surface area contributed by atoms with Gasteiger partial charge in [0.25, 0.3) is 0 Å². The van der Waals surface area contributed by atoms with Crippen molar-refractivity contribution >= 4 is 40.5 Å². The Morgan fingerprint density at radius 3 is 2.25 bits per heavy atom. The van der Waals surface area contributed by atoms with Crippen LogP contribution in [-0.4, -0.2) is 24.2 Å². The molecule has 2 aromatic carbocycles. The Hall–Kier alpha value is -2.18. The monoisotopic (exact) mass is 533 g/mol. The van der Waals surface area contributed by atoms with Crippen LogP contribution in [0.1, 0.15) is 64.2 Å². The van der Waals surface area contributed by atoms with Gasteiger partial charge in [-0.3, -0.25) is 4.79 Å². The van der Waals surface area contributed by atoms with E-state index in [1.54, 1.807) is 18.2 Å². The van der Waals surface area contributed by atoms with Crippen LogP contribution in [0.3, 0.4) is 0 Å². The van der Waals surface area contributed by atoms with Crippen molar-refractivity contribution in [3.05, 3.63) is 52.3 Å². The fraction of sp³-hybridized carbons (Fsp3) is 0.536. The molecular weight excluding hydrogens is 500 g/mol. The second kappa shape index (κ2) is 11.1. The Balaban J connectivity index is 1.49. The van der Waals surface area contributed by atoms with Crippen LogP contribution in [0, 0.1) is 17.7 Å². The lowest BCUT2D eigenvalue weighted by atomic mass is 9.73. The highest BCUT2D eigenvalue weighted by molar-refractivity contribution is 6.31. The first kappa shape index (κ1) is 25.5. The van der Waals surface area contributed by atoms with Crippen molar-refractivity contribution in [3.63, 3.8) is 0 Å². The highest BCUT2D eigenvalue weighted by atomic mass is 35.5. The summed E-state index contributed by atoms with van der Waals surface area (Å²) in [7, 11) is 0. The Kier molecular flexibility index (Phi) is 7.82. The number of amides is 1. The summed E-state index contributed by atoms with van der Waals surface area (Å²) >= 11 is 12.2. The molecule has 5 nitrogen and oxygen atoms in total. The highest BCUT2D eigenvalue weighted by Crippen LogP contribution is 2.45. The molecule has 8 heteroatoms. The summed E-state index contributed by atoms with van der Waals surface area (Å²) in [4.78, 5) is 14.1. The minimum atomic E-state index is -0.958. The molecule has 3 aliphatic rings. The minimum absolute atomic E-state index is 0.0351. The number of fused-ring (bicyclic) bond motifs is 1. The van der Waals surface area contributed by atoms with E-state index in [0.717, 1.165) is 51.4 Å². The van der Waals surface area contributed by atoms with E-state index < -0.39 is 17.4 Å². The smallest absolute Gasteiger partial charge is 0.228 e. The molecule has 1 heterocycles. The fourth-order valence-corrected chi connectivity index (χ4v) is 6.45. The molecule has 5 rings (SSSR count). The number of hydrogen-bond donors (Lipinski definition) is 3. The predicted octanol–water partition coefficient (Wildman–Crippen LogP) is 7.39. The predicted molar refractivity (Wildman–Crippen MR) is 143 cm³/mol. The summed E-state index contributed by atoms with van der Waals surface area (Å²) in [6.45, 7) is 0.168. The molecular formula is C28H34Cl2FN3O2. The molecule has 0 aromatic heterocycles. The van der Waals surface area contributed by atoms with Crippen LogP contribution >= 0.6 is 23.2 Å². The van der Waals surface area contributed by atoms with Crippen LogP contribution in [0.25, 0.3) is 0 Å². The molecule has 0 bridgehead atoms. The van der Waals surface area contributed by atoms with Crippen molar-refractivity contribution in [3.8, 4) is 5.75 Å². The number of carbonyl (C=O) groups is 1. The lowest BCUT2D eigenvalue weighted by molar-refractivity contribution is -0.130. The van der Waals surface area contributed by atoms with Crippen molar-refractivity contribution in [2.24, 2.45) is 11.8 Å². The van der Waals surface area contributed by atoms with E-state index in [0.29, 0.717) is 22.1 Å². The van der Waals surface area contributed by atoms with E-state index in [2.05, 4.69) is 16.0 Å². The number of nitrogens with one attached hydrogen (secondary N) is 3. The molecule has 2 aliphatic carbocycles. The maximum Gasteiger partial charge on any atom is 0.228 e. The SMILES string of the molecule is O=C(NC1CCCCC1)C(C1CCCCC1)C1(COc2ccc(Cl)cc2)Nc2cc(F)c(Cl)cc2N1. The normalized spacial score (nSPS) is 23.3. The van der Waals surface area contributed by atoms with Gasteiger partial charge in [-0.15, -0.1) is 0 Å². The third kappa shape index (κ3) is 5.55. The third-order valence-electron chi connectivity index (χ3n) is 7.94. The Bertz CT molecular complexity index is 1040. The molecule has 2 aromatic rings. The second-order valence-corrected chi connectivity index (χ2v) is 11.3. The fourth-order valence-electron chi connectivity index (χ4n) is 6.16. The van der Waals surface area contributed by atoms with Gasteiger partial charge in [-0.1, -0.05) is 61.7 Å². The van der Waals surface area contributed by atoms with Crippen molar-refractivity contribution in [2.45, 2.75) is 75.9 Å². The zero-order valence-electron chi connectivity index (χ0n) is 20.4. The third-order valence-corrected chi connectivity index (χ3v) is 8.48. The van der Waals surface area contributed by atoms with Crippen molar-refractivity contribution in [1.82, 2.24) is 5.32 Å². The van der Waals surface area contributed by atoms with E-state index in [1.807, 2.05) is 12.1 Å². The molecule has 0 saturated heterocycles. The van der Waals surface area contributed by atoms with Crippen LogP contribution in [0.15, 0.2) is 36.4 Å². The first-order valence-electron chi connectivity index (χ1n) is 13.2. The van der Waals surface area contributed by atoms with E-state index >= 15 is 0 Å². The Morgan fingerprint density at radius 1 is 0.972 bits per heavy atom. The summed E-state index contributed by atoms with van der Waals surface area (Å²) in [6, 6.07) is 10.3. The van der Waals surface area contributed by atoms with Gasteiger partial charge in [0.1, 0.15) is 18.2 Å². The highest BCUT2D eigenvalue weighted by Gasteiger charge is 2.52. The summed E-state index contributed by atoms with van der Waals surface area (Å²) in [5.74, 6) is -0.0578. The summed E-state index contributed by atoms with van der Waals surface area (Å²) in [6.07, 6.45) is 10.9. The molecule has 2 unspecified atom stereocenters. The lowest BCUT2D eigenvalue weighted by Crippen LogP contribution is -2.61. The molecule has 0 radical (unpaired) electrons. The quantitative estimate of drug-likeness (QED) is 0.347. The summed E-state index contributed by atoms with van der Waals surface area (Å²) in [5, 5.41) is 11.1. The van der Waals surface area contributed by atoms with E-state index in [-0.39, 0.29) is 29.5 Å². The second-order valence-electron chi connectivity index (χ2n) is 10.5. The standard InChI is InChI=1S/C28H34Cl2FN3O2/c29-19-11-13-21(14-12-19)36-17-28(33-24-15-22(30)23(31)16-25(24)34-28)26(18-7-3-1-4-8-18)27(35)32-20-9-5-2-6-10-20/h11-16,18,20,26,33-34H,1-10,17H2,(H,32,35). The van der Waals surface area contributed by atoms with Crippen LogP contribution in [0.2, 0.25) is 10.0 Å². The molecule has 2 atom stereocenters. The molecule has 194 valence electrons. The number of halogens is 3. The average molecular weight is 535 g/mol. The lowest BCUT2D eigenvalue weighted by Gasteiger charge is -2.43. The summed E-state index contributed by atoms with van der Waals surface area (Å²) < 4.78 is 20.7. The van der Waals surface area contributed by atoms with Gasteiger partial charge in [0.2, 0.25) is 5.91 Å². The van der Waals surface area contributed by atoms with Gasteiger partial charge in [0, 0.05) is 17.1 Å². The largest absolute Gasteiger partial charge is 0.489 e. The van der Waals surface area contributed by atoms with Crippen LogP contribution < -0.4 is 20.7 Å². The molecule has 1 amide bonds. The maximum atomic E-state index is 14.4. The minimum Gasteiger partial charge on any atom is -0.489 e. The van der Waals surface area contributed by atoms with Crippen LogP contribution in [0.4, 0.5) is 15.8 Å². The Morgan fingerprint density at radius 2 is 1.58 bits per heavy atom. The van der Waals surface area contributed by atoms with E-state index in [9.17, 15) is 9.18 Å². The maximum absolute atomic E-state index is 14.4. The first-order chi connectivity index (χ1) is 17.4. The zero-order chi connectivity index (χ0) is 25.1. The molecule has 1 aliphatic heterocycles. The number of hydrogen-bond acceptors (Lipinski definition) is 4. The molecule has 36 heavy (non-hydrogen) atoms. The topological polar surface area (TPSA) is 62.4 Å². The van der Waals surface area contributed by atoms with Crippen molar-refractivity contribution in [2.75, 3.05) is 17.2 Å².